The van der Waals surface area contributed by atoms with E-state index in [9.17, 15) is 4.79 Å². The Morgan fingerprint density at radius 1 is 1.54 bits per heavy atom. The summed E-state index contributed by atoms with van der Waals surface area (Å²) in [5.74, 6) is 0. The Bertz CT molecular complexity index is 496. The van der Waals surface area contributed by atoms with Gasteiger partial charge in [0, 0.05) is 5.69 Å². The fourth-order valence-corrected chi connectivity index (χ4v) is 1.42. The predicted octanol–water partition coefficient (Wildman–Crippen LogP) is 1.20. The van der Waals surface area contributed by atoms with Crippen LogP contribution >= 0.6 is 0 Å². The Kier molecular flexibility index (Phi) is 1.62. The molecule has 68 valence electrons. The smallest absolute Gasteiger partial charge is 0.367 e. The van der Waals surface area contributed by atoms with E-state index in [1.807, 2.05) is 13.0 Å². The Labute approximate surface area is 74.5 Å². The van der Waals surface area contributed by atoms with Crippen molar-refractivity contribution in [1.29, 1.82) is 0 Å². The first kappa shape index (κ1) is 7.91. The highest BCUT2D eigenvalue weighted by Gasteiger charge is 2.09. The van der Waals surface area contributed by atoms with E-state index in [0.717, 1.165) is 5.52 Å². The van der Waals surface area contributed by atoms with E-state index in [1.54, 1.807) is 12.1 Å². The van der Waals surface area contributed by atoms with E-state index in [0.29, 0.717) is 17.6 Å². The van der Waals surface area contributed by atoms with Gasteiger partial charge >= 0.3 is 5.63 Å². The van der Waals surface area contributed by atoms with Gasteiger partial charge < -0.3 is 10.3 Å². The van der Waals surface area contributed by atoms with Gasteiger partial charge in [0.2, 0.25) is 0 Å². The Balaban J connectivity index is 2.96. The molecule has 0 saturated carbocycles. The molecule has 1 heterocycles. The zero-order valence-electron chi connectivity index (χ0n) is 7.28. The molecule has 13 heavy (non-hydrogen) atoms. The minimum atomic E-state index is -0.366. The molecule has 2 rings (SSSR count). The van der Waals surface area contributed by atoms with Crippen molar-refractivity contribution in [1.82, 2.24) is 4.74 Å². The summed E-state index contributed by atoms with van der Waals surface area (Å²) < 4.78 is 6.51. The fourth-order valence-electron chi connectivity index (χ4n) is 1.42. The molecule has 1 aromatic carbocycles. The summed E-state index contributed by atoms with van der Waals surface area (Å²) in [6.45, 7) is 2.54. The third-order valence-corrected chi connectivity index (χ3v) is 2.03. The van der Waals surface area contributed by atoms with E-state index >= 15 is 0 Å². The van der Waals surface area contributed by atoms with Gasteiger partial charge in [-0.3, -0.25) is 0 Å². The number of fused-ring (bicyclic) bond motifs is 1. The van der Waals surface area contributed by atoms with E-state index < -0.39 is 0 Å². The van der Waals surface area contributed by atoms with Gasteiger partial charge in [-0.05, 0) is 19.1 Å². The first-order valence-corrected chi connectivity index (χ1v) is 4.12. The summed E-state index contributed by atoms with van der Waals surface area (Å²) in [6, 6.07) is 5.32. The molecular weight excluding hydrogens is 168 g/mol. The van der Waals surface area contributed by atoms with Crippen LogP contribution in [0.25, 0.3) is 10.9 Å². The highest BCUT2D eigenvalue weighted by Crippen LogP contribution is 2.17. The van der Waals surface area contributed by atoms with E-state index in [2.05, 4.69) is 0 Å². The van der Waals surface area contributed by atoms with E-state index in [-0.39, 0.29) is 5.63 Å². The standard InChI is InChI=1S/C9H10N2O2/c1-2-11-7-5-3-4-6(10)8(7)9(12)13-11/h3-5H,2,10H2,1H3. The molecule has 0 amide bonds. The zero-order chi connectivity index (χ0) is 9.42. The maximum Gasteiger partial charge on any atom is 0.367 e. The lowest BCUT2D eigenvalue weighted by molar-refractivity contribution is 0.270. The second kappa shape index (κ2) is 2.65. The Morgan fingerprint density at radius 3 is 3.00 bits per heavy atom. The van der Waals surface area contributed by atoms with Crippen LogP contribution in [0.1, 0.15) is 6.92 Å². The summed E-state index contributed by atoms with van der Waals surface area (Å²) in [5, 5.41) is 0.476. The molecule has 0 aliphatic heterocycles. The number of hydrogen-bond acceptors (Lipinski definition) is 3. The molecule has 4 nitrogen and oxygen atoms in total. The van der Waals surface area contributed by atoms with Gasteiger partial charge in [0.1, 0.15) is 5.39 Å². The fraction of sp³-hybridized carbons (Fsp3) is 0.222. The highest BCUT2D eigenvalue weighted by molar-refractivity contribution is 5.89. The molecule has 0 bridgehead atoms. The van der Waals surface area contributed by atoms with Crippen LogP contribution in [0.15, 0.2) is 27.5 Å². The number of aromatic nitrogens is 1. The lowest BCUT2D eigenvalue weighted by Gasteiger charge is -1.96. The van der Waals surface area contributed by atoms with Crippen LogP contribution in [0.5, 0.6) is 0 Å². The lowest BCUT2D eigenvalue weighted by Crippen LogP contribution is -1.96. The number of aryl methyl sites for hydroxylation is 1. The lowest BCUT2D eigenvalue weighted by atomic mass is 10.2. The molecule has 4 heteroatoms. The number of nitrogen functional groups attached to an aromatic ring is 1. The second-order valence-corrected chi connectivity index (χ2v) is 2.81. The molecule has 0 spiro atoms. The van der Waals surface area contributed by atoms with Gasteiger partial charge in [0.15, 0.2) is 0 Å². The van der Waals surface area contributed by atoms with E-state index in [1.165, 1.54) is 4.74 Å². The van der Waals surface area contributed by atoms with Crippen molar-refractivity contribution in [3.8, 4) is 0 Å². The summed E-state index contributed by atoms with van der Waals surface area (Å²) in [7, 11) is 0. The summed E-state index contributed by atoms with van der Waals surface area (Å²) in [6.07, 6.45) is 0. The minimum Gasteiger partial charge on any atom is -0.398 e. The molecule has 0 aliphatic carbocycles. The van der Waals surface area contributed by atoms with Crippen molar-refractivity contribution in [2.24, 2.45) is 0 Å². The first-order chi connectivity index (χ1) is 6.24. The van der Waals surface area contributed by atoms with Gasteiger partial charge in [0.25, 0.3) is 0 Å². The second-order valence-electron chi connectivity index (χ2n) is 2.81. The Morgan fingerprint density at radius 2 is 2.31 bits per heavy atom. The molecule has 0 fully saturated rings. The van der Waals surface area contributed by atoms with Crippen molar-refractivity contribution in [2.75, 3.05) is 5.73 Å². The van der Waals surface area contributed by atoms with Gasteiger partial charge in [0.05, 0.1) is 12.1 Å². The van der Waals surface area contributed by atoms with Crippen LogP contribution < -0.4 is 11.4 Å². The first-order valence-electron chi connectivity index (χ1n) is 4.12. The van der Waals surface area contributed by atoms with E-state index in [4.69, 9.17) is 10.3 Å². The number of benzene rings is 1. The van der Waals surface area contributed by atoms with Crippen molar-refractivity contribution in [3.05, 3.63) is 28.6 Å². The molecule has 0 saturated heterocycles. The average Bonchev–Trinajstić information content (AvgIpc) is 2.44. The number of hydrogen-bond donors (Lipinski definition) is 1. The molecule has 0 radical (unpaired) electrons. The number of nitrogens with two attached hydrogens (primary N) is 1. The van der Waals surface area contributed by atoms with Gasteiger partial charge in [-0.2, -0.15) is 0 Å². The maximum atomic E-state index is 11.3. The zero-order valence-corrected chi connectivity index (χ0v) is 7.28. The maximum absolute atomic E-state index is 11.3. The predicted molar refractivity (Wildman–Crippen MR) is 50.6 cm³/mol. The SMILES string of the molecule is CCn1oc(=O)c2c(N)cccc21. The summed E-state index contributed by atoms with van der Waals surface area (Å²) in [5.41, 5.74) is 6.51. The van der Waals surface area contributed by atoms with Crippen LogP contribution in [-0.2, 0) is 6.54 Å². The molecule has 0 unspecified atom stereocenters. The molecular formula is C9H10N2O2. The van der Waals surface area contributed by atoms with Gasteiger partial charge in [-0.25, -0.2) is 9.53 Å². The van der Waals surface area contributed by atoms with Crippen molar-refractivity contribution >= 4 is 16.6 Å². The minimum absolute atomic E-state index is 0.366. The van der Waals surface area contributed by atoms with Crippen molar-refractivity contribution in [3.63, 3.8) is 0 Å². The molecule has 0 aliphatic rings. The van der Waals surface area contributed by atoms with Gasteiger partial charge in [-0.1, -0.05) is 6.07 Å². The Hall–Kier alpha value is -1.71. The largest absolute Gasteiger partial charge is 0.398 e. The monoisotopic (exact) mass is 178 g/mol. The third kappa shape index (κ3) is 1.02. The number of nitrogens with zero attached hydrogens (tertiary/aromatic N) is 1. The summed E-state index contributed by atoms with van der Waals surface area (Å²) >= 11 is 0. The molecule has 1 aromatic heterocycles. The van der Waals surface area contributed by atoms with Crippen LogP contribution in [0.4, 0.5) is 5.69 Å². The van der Waals surface area contributed by atoms with Crippen LogP contribution in [0.3, 0.4) is 0 Å². The van der Waals surface area contributed by atoms with Crippen LogP contribution in [0.2, 0.25) is 0 Å². The number of rotatable bonds is 1. The topological polar surface area (TPSA) is 61.2 Å². The highest BCUT2D eigenvalue weighted by atomic mass is 16.5. The van der Waals surface area contributed by atoms with Crippen molar-refractivity contribution in [2.45, 2.75) is 13.5 Å². The van der Waals surface area contributed by atoms with Gasteiger partial charge in [-0.15, -0.1) is 0 Å². The van der Waals surface area contributed by atoms with Crippen LogP contribution in [-0.4, -0.2) is 4.74 Å². The molecule has 2 N–H and O–H groups in total. The third-order valence-electron chi connectivity index (χ3n) is 2.03. The van der Waals surface area contributed by atoms with Crippen LogP contribution in [0, 0.1) is 0 Å². The normalized spacial score (nSPS) is 10.8. The van der Waals surface area contributed by atoms with Crippen molar-refractivity contribution < 1.29 is 4.52 Å². The molecule has 0 atom stereocenters. The molecule has 2 aromatic rings. The average molecular weight is 178 g/mol. The summed E-state index contributed by atoms with van der Waals surface area (Å²) in [4.78, 5) is 11.3. The number of anilines is 1. The quantitative estimate of drug-likeness (QED) is 0.667.